The van der Waals surface area contributed by atoms with E-state index < -0.39 is 0 Å². The largest absolute Gasteiger partial charge is 0.390 e. The summed E-state index contributed by atoms with van der Waals surface area (Å²) < 4.78 is 1.01. The topological polar surface area (TPSA) is 55.1 Å². The Morgan fingerprint density at radius 3 is 2.53 bits per heavy atom. The van der Waals surface area contributed by atoms with E-state index in [1.807, 2.05) is 43.5 Å². The number of nitrogens with two attached hydrogens (primary N) is 1. The van der Waals surface area contributed by atoms with Gasteiger partial charge in [-0.3, -0.25) is 4.79 Å². The molecule has 19 heavy (non-hydrogen) atoms. The highest BCUT2D eigenvalue weighted by molar-refractivity contribution is 9.10. The molecule has 0 aliphatic carbocycles. The van der Waals surface area contributed by atoms with Crippen molar-refractivity contribution in [3.63, 3.8) is 0 Å². The van der Waals surface area contributed by atoms with E-state index >= 15 is 0 Å². The summed E-state index contributed by atoms with van der Waals surface area (Å²) in [4.78, 5) is 12.2. The van der Waals surface area contributed by atoms with E-state index in [4.69, 9.17) is 5.73 Å². The van der Waals surface area contributed by atoms with Crippen LogP contribution >= 0.6 is 27.3 Å². The van der Waals surface area contributed by atoms with E-state index in [1.54, 1.807) is 0 Å². The first-order chi connectivity index (χ1) is 8.99. The molecule has 1 heterocycles. The molecule has 100 valence electrons. The number of thiophene rings is 1. The second-order valence-corrected chi connectivity index (χ2v) is 6.35. The van der Waals surface area contributed by atoms with Crippen LogP contribution in [-0.2, 0) is 0 Å². The fourth-order valence-electron chi connectivity index (χ4n) is 1.78. The van der Waals surface area contributed by atoms with Gasteiger partial charge in [-0.1, -0.05) is 28.1 Å². The zero-order valence-electron chi connectivity index (χ0n) is 10.7. The number of carbonyl (C=O) groups excluding carboxylic acids is 1. The first kappa shape index (κ1) is 14.1. The number of benzene rings is 1. The monoisotopic (exact) mass is 338 g/mol. The van der Waals surface area contributed by atoms with Crippen molar-refractivity contribution < 1.29 is 4.79 Å². The summed E-state index contributed by atoms with van der Waals surface area (Å²) in [6.07, 6.45) is 0. The summed E-state index contributed by atoms with van der Waals surface area (Å²) in [6.45, 7) is 3.86. The maximum Gasteiger partial charge on any atom is 0.255 e. The van der Waals surface area contributed by atoms with Crippen LogP contribution in [0.5, 0.6) is 0 Å². The van der Waals surface area contributed by atoms with E-state index in [2.05, 4.69) is 21.2 Å². The summed E-state index contributed by atoms with van der Waals surface area (Å²) >= 11 is 4.79. The van der Waals surface area contributed by atoms with Gasteiger partial charge >= 0.3 is 0 Å². The lowest BCUT2D eigenvalue weighted by atomic mass is 10.0. The Morgan fingerprint density at radius 1 is 1.32 bits per heavy atom. The summed E-state index contributed by atoms with van der Waals surface area (Å²) in [5.41, 5.74) is 8.38. The molecule has 5 heteroatoms. The molecule has 0 fully saturated rings. The van der Waals surface area contributed by atoms with Crippen molar-refractivity contribution in [2.45, 2.75) is 19.9 Å². The van der Waals surface area contributed by atoms with Crippen LogP contribution in [0.2, 0.25) is 0 Å². The number of halogens is 1. The number of nitrogens with one attached hydrogen (secondary N) is 1. The van der Waals surface area contributed by atoms with Crippen molar-refractivity contribution in [1.29, 1.82) is 0 Å². The predicted octanol–water partition coefficient (Wildman–Crippen LogP) is 3.90. The molecule has 2 rings (SSSR count). The molecule has 0 aliphatic heterocycles. The van der Waals surface area contributed by atoms with Gasteiger partial charge < -0.3 is 11.1 Å². The molecule has 1 amide bonds. The Labute approximate surface area is 125 Å². The van der Waals surface area contributed by atoms with E-state index in [-0.39, 0.29) is 11.9 Å². The first-order valence-corrected chi connectivity index (χ1v) is 7.60. The zero-order valence-corrected chi connectivity index (χ0v) is 13.1. The molecule has 3 N–H and O–H groups in total. The highest BCUT2D eigenvalue weighted by Crippen LogP contribution is 2.34. The Balaban J connectivity index is 2.42. The van der Waals surface area contributed by atoms with Crippen molar-refractivity contribution in [3.05, 3.63) is 39.7 Å². The van der Waals surface area contributed by atoms with Crippen LogP contribution in [0.1, 0.15) is 24.2 Å². The van der Waals surface area contributed by atoms with Crippen LogP contribution in [0.25, 0.3) is 11.1 Å². The molecular weight excluding hydrogens is 324 g/mol. The minimum atomic E-state index is -0.119. The highest BCUT2D eigenvalue weighted by Gasteiger charge is 2.18. The van der Waals surface area contributed by atoms with Crippen LogP contribution in [-0.4, -0.2) is 11.9 Å². The number of nitrogen functional groups attached to an aromatic ring is 1. The average molecular weight is 339 g/mol. The fourth-order valence-corrected chi connectivity index (χ4v) is 2.87. The van der Waals surface area contributed by atoms with E-state index in [0.717, 1.165) is 15.6 Å². The molecule has 2 aromatic rings. The summed E-state index contributed by atoms with van der Waals surface area (Å²) in [5.74, 6) is -0.119. The number of rotatable bonds is 3. The van der Waals surface area contributed by atoms with Crippen LogP contribution in [0, 0.1) is 0 Å². The highest BCUT2D eigenvalue weighted by atomic mass is 79.9. The quantitative estimate of drug-likeness (QED) is 0.891. The number of anilines is 1. The zero-order chi connectivity index (χ0) is 14.0. The van der Waals surface area contributed by atoms with Gasteiger partial charge in [0, 0.05) is 21.5 Å². The summed E-state index contributed by atoms with van der Waals surface area (Å²) in [6, 6.07) is 7.93. The minimum absolute atomic E-state index is 0.0876. The number of hydrogen-bond acceptors (Lipinski definition) is 3. The Kier molecular flexibility index (Phi) is 4.27. The molecule has 0 atom stereocenters. The standard InChI is InChI=1S/C14H15BrN2OS/c1-8(2)17-14(18)12-11(7-19-13(12)16)9-3-5-10(15)6-4-9/h3-8H,16H2,1-2H3,(H,17,18). The number of amides is 1. The first-order valence-electron chi connectivity index (χ1n) is 5.93. The number of hydrogen-bond donors (Lipinski definition) is 2. The van der Waals surface area contributed by atoms with E-state index in [9.17, 15) is 4.79 Å². The maximum atomic E-state index is 12.2. The van der Waals surface area contributed by atoms with Gasteiger partial charge in [0.1, 0.15) is 0 Å². The Hall–Kier alpha value is -1.33. The molecule has 0 radical (unpaired) electrons. The molecule has 0 saturated heterocycles. The van der Waals surface area contributed by atoms with Crippen molar-refractivity contribution in [1.82, 2.24) is 5.32 Å². The van der Waals surface area contributed by atoms with E-state index in [1.165, 1.54) is 11.3 Å². The predicted molar refractivity (Wildman–Crippen MR) is 84.5 cm³/mol. The molecule has 0 bridgehead atoms. The van der Waals surface area contributed by atoms with Gasteiger partial charge in [-0.05, 0) is 31.5 Å². The lowest BCUT2D eigenvalue weighted by molar-refractivity contribution is 0.0945. The second-order valence-electron chi connectivity index (χ2n) is 4.52. The van der Waals surface area contributed by atoms with Crippen LogP contribution in [0.3, 0.4) is 0 Å². The molecule has 3 nitrogen and oxygen atoms in total. The molecular formula is C14H15BrN2OS. The average Bonchev–Trinajstić information content (AvgIpc) is 2.71. The van der Waals surface area contributed by atoms with E-state index in [0.29, 0.717) is 10.6 Å². The third kappa shape index (κ3) is 3.16. The van der Waals surface area contributed by atoms with Crippen molar-refractivity contribution in [2.24, 2.45) is 0 Å². The van der Waals surface area contributed by atoms with Gasteiger partial charge in [-0.2, -0.15) is 0 Å². The smallest absolute Gasteiger partial charge is 0.255 e. The maximum absolute atomic E-state index is 12.2. The molecule has 1 aromatic carbocycles. The van der Waals surface area contributed by atoms with Crippen LogP contribution < -0.4 is 11.1 Å². The van der Waals surface area contributed by atoms with Gasteiger partial charge in [0.05, 0.1) is 10.6 Å². The SMILES string of the molecule is CC(C)NC(=O)c1c(-c2ccc(Br)cc2)csc1N. The Bertz CT molecular complexity index is 590. The van der Waals surface area contributed by atoms with Crippen molar-refractivity contribution >= 4 is 38.2 Å². The lowest BCUT2D eigenvalue weighted by Crippen LogP contribution is -2.30. The van der Waals surface area contributed by atoms with Gasteiger partial charge in [-0.25, -0.2) is 0 Å². The summed E-state index contributed by atoms with van der Waals surface area (Å²) in [7, 11) is 0. The van der Waals surface area contributed by atoms with Gasteiger partial charge in [-0.15, -0.1) is 11.3 Å². The van der Waals surface area contributed by atoms with Gasteiger partial charge in [0.2, 0.25) is 0 Å². The fraction of sp³-hybridized carbons (Fsp3) is 0.214. The summed E-state index contributed by atoms with van der Waals surface area (Å²) in [5, 5.41) is 5.36. The number of carbonyl (C=O) groups is 1. The normalized spacial score (nSPS) is 10.7. The molecule has 1 aromatic heterocycles. The molecule has 0 saturated carbocycles. The van der Waals surface area contributed by atoms with Gasteiger partial charge in [0.15, 0.2) is 0 Å². The van der Waals surface area contributed by atoms with Crippen LogP contribution in [0.4, 0.5) is 5.00 Å². The lowest BCUT2D eigenvalue weighted by Gasteiger charge is -2.10. The molecule has 0 aliphatic rings. The van der Waals surface area contributed by atoms with Crippen molar-refractivity contribution in [3.8, 4) is 11.1 Å². The minimum Gasteiger partial charge on any atom is -0.390 e. The second kappa shape index (κ2) is 5.75. The molecule has 0 spiro atoms. The van der Waals surface area contributed by atoms with Crippen molar-refractivity contribution in [2.75, 3.05) is 5.73 Å². The third-order valence-electron chi connectivity index (χ3n) is 2.62. The van der Waals surface area contributed by atoms with Crippen LogP contribution in [0.15, 0.2) is 34.1 Å². The third-order valence-corrected chi connectivity index (χ3v) is 3.96. The van der Waals surface area contributed by atoms with Gasteiger partial charge in [0.25, 0.3) is 5.91 Å². The Morgan fingerprint density at radius 2 is 1.95 bits per heavy atom. The molecule has 0 unspecified atom stereocenters.